The van der Waals surface area contributed by atoms with E-state index in [9.17, 15) is 9.59 Å². The van der Waals surface area contributed by atoms with Crippen LogP contribution in [0.4, 0.5) is 10.5 Å². The molecule has 1 aliphatic heterocycles. The fraction of sp³-hybridized carbons (Fsp3) is 0.389. The van der Waals surface area contributed by atoms with Crippen molar-refractivity contribution in [2.45, 2.75) is 26.7 Å². The Morgan fingerprint density at radius 2 is 2.00 bits per heavy atom. The fourth-order valence-electron chi connectivity index (χ4n) is 2.94. The molecule has 3 rings (SSSR count). The number of urea groups is 1. The summed E-state index contributed by atoms with van der Waals surface area (Å²) < 4.78 is 5.45. The van der Waals surface area contributed by atoms with Crippen molar-refractivity contribution in [2.24, 2.45) is 5.92 Å². The molecule has 0 unspecified atom stereocenters. The number of oxazole rings is 1. The average molecular weight is 343 g/mol. The predicted molar refractivity (Wildman–Crippen MR) is 92.4 cm³/mol. The van der Waals surface area contributed by atoms with Crippen molar-refractivity contribution in [3.63, 3.8) is 0 Å². The number of anilines is 1. The molecule has 0 bridgehead atoms. The Labute approximate surface area is 145 Å². The zero-order valence-corrected chi connectivity index (χ0v) is 14.3. The zero-order chi connectivity index (χ0) is 18.0. The third kappa shape index (κ3) is 3.81. The summed E-state index contributed by atoms with van der Waals surface area (Å²) in [6.07, 6.45) is 2.56. The lowest BCUT2D eigenvalue weighted by Crippen LogP contribution is -2.42. The molecule has 2 heterocycles. The number of hydrogen-bond acceptors (Lipinski definition) is 4. The number of nitrogens with one attached hydrogen (secondary N) is 1. The number of carbonyl (C=O) groups excluding carboxylic acids is 1. The van der Waals surface area contributed by atoms with Gasteiger partial charge in [-0.3, -0.25) is 4.79 Å². The molecular weight excluding hydrogens is 322 g/mol. The number of nitrogens with zero attached hydrogens (tertiary/aromatic N) is 2. The van der Waals surface area contributed by atoms with Crippen molar-refractivity contribution >= 4 is 17.7 Å². The molecule has 1 saturated heterocycles. The molecule has 25 heavy (non-hydrogen) atoms. The first kappa shape index (κ1) is 17.0. The first-order valence-electron chi connectivity index (χ1n) is 8.26. The third-order valence-corrected chi connectivity index (χ3v) is 4.47. The number of aliphatic carboxylic acids is 1. The number of rotatable bonds is 3. The molecule has 2 N–H and O–H groups in total. The second-order valence-electron chi connectivity index (χ2n) is 6.35. The number of aromatic nitrogens is 1. The maximum atomic E-state index is 12.4. The molecule has 0 radical (unpaired) electrons. The Kier molecular flexibility index (Phi) is 4.74. The van der Waals surface area contributed by atoms with E-state index < -0.39 is 5.97 Å². The molecule has 7 heteroatoms. The van der Waals surface area contributed by atoms with Gasteiger partial charge in [-0.25, -0.2) is 9.78 Å². The van der Waals surface area contributed by atoms with Gasteiger partial charge in [0.25, 0.3) is 0 Å². The van der Waals surface area contributed by atoms with E-state index in [0.29, 0.717) is 37.5 Å². The van der Waals surface area contributed by atoms with Crippen LogP contribution in [0.3, 0.4) is 0 Å². The fourth-order valence-corrected chi connectivity index (χ4v) is 2.94. The van der Waals surface area contributed by atoms with Crippen LogP contribution < -0.4 is 5.32 Å². The number of likely N-dealkylation sites (tertiary alicyclic amines) is 1. The Hall–Kier alpha value is -2.83. The van der Waals surface area contributed by atoms with Crippen molar-refractivity contribution in [1.82, 2.24) is 9.88 Å². The molecule has 1 fully saturated rings. The molecule has 0 aliphatic carbocycles. The van der Waals surface area contributed by atoms with E-state index in [-0.39, 0.29) is 11.9 Å². The van der Waals surface area contributed by atoms with E-state index in [1.54, 1.807) is 11.2 Å². The monoisotopic (exact) mass is 343 g/mol. The van der Waals surface area contributed by atoms with Gasteiger partial charge in [0.1, 0.15) is 6.26 Å². The number of carboxylic acids is 1. The van der Waals surface area contributed by atoms with Crippen LogP contribution in [-0.4, -0.2) is 40.1 Å². The smallest absolute Gasteiger partial charge is 0.321 e. The molecule has 0 spiro atoms. The lowest BCUT2D eigenvalue weighted by atomic mass is 9.97. The van der Waals surface area contributed by atoms with Gasteiger partial charge >= 0.3 is 12.0 Å². The Bertz CT molecular complexity index is 791. The minimum atomic E-state index is -0.788. The standard InChI is InChI=1S/C18H21N3O4/c1-11-3-4-14(9-15(11)16-19-12(2)10-25-16)20-18(24)21-7-5-13(6-8-21)17(22)23/h3-4,9-10,13H,5-8H2,1-2H3,(H,20,24)(H,22,23). The van der Waals surface area contributed by atoms with Crippen LogP contribution in [-0.2, 0) is 4.79 Å². The average Bonchev–Trinajstić information content (AvgIpc) is 3.03. The van der Waals surface area contributed by atoms with Gasteiger partial charge in [-0.1, -0.05) is 6.07 Å². The van der Waals surface area contributed by atoms with Crippen LogP contribution >= 0.6 is 0 Å². The highest BCUT2D eigenvalue weighted by Gasteiger charge is 2.27. The molecule has 1 aromatic heterocycles. The Morgan fingerprint density at radius 3 is 2.60 bits per heavy atom. The van der Waals surface area contributed by atoms with E-state index in [1.165, 1.54) is 0 Å². The summed E-state index contributed by atoms with van der Waals surface area (Å²) in [6.45, 7) is 4.70. The number of carbonyl (C=O) groups is 2. The van der Waals surface area contributed by atoms with Crippen molar-refractivity contribution in [1.29, 1.82) is 0 Å². The first-order valence-corrected chi connectivity index (χ1v) is 8.26. The van der Waals surface area contributed by atoms with E-state index in [1.807, 2.05) is 32.0 Å². The van der Waals surface area contributed by atoms with Crippen molar-refractivity contribution < 1.29 is 19.1 Å². The Balaban J connectivity index is 1.69. The highest BCUT2D eigenvalue weighted by Crippen LogP contribution is 2.26. The molecular formula is C18H21N3O4. The number of piperidine rings is 1. The van der Waals surface area contributed by atoms with E-state index >= 15 is 0 Å². The summed E-state index contributed by atoms with van der Waals surface area (Å²) in [4.78, 5) is 29.4. The van der Waals surface area contributed by atoms with Gasteiger partial charge in [-0.05, 0) is 44.4 Å². The highest BCUT2D eigenvalue weighted by molar-refractivity contribution is 5.90. The molecule has 0 atom stereocenters. The van der Waals surface area contributed by atoms with E-state index in [2.05, 4.69) is 10.3 Å². The summed E-state index contributed by atoms with van der Waals surface area (Å²) in [5.74, 6) is -0.624. The molecule has 2 amide bonds. The van der Waals surface area contributed by atoms with Crippen LogP contribution in [0, 0.1) is 19.8 Å². The van der Waals surface area contributed by atoms with Gasteiger partial charge in [-0.2, -0.15) is 0 Å². The van der Waals surface area contributed by atoms with Gasteiger partial charge < -0.3 is 19.7 Å². The first-order chi connectivity index (χ1) is 11.9. The highest BCUT2D eigenvalue weighted by atomic mass is 16.4. The second kappa shape index (κ2) is 6.96. The lowest BCUT2D eigenvalue weighted by Gasteiger charge is -2.30. The van der Waals surface area contributed by atoms with Crippen molar-refractivity contribution in [3.05, 3.63) is 35.7 Å². The topological polar surface area (TPSA) is 95.7 Å². The van der Waals surface area contributed by atoms with Crippen LogP contribution in [0.15, 0.2) is 28.9 Å². The minimum Gasteiger partial charge on any atom is -0.481 e. The van der Waals surface area contributed by atoms with E-state index in [0.717, 1.165) is 16.8 Å². The number of aryl methyl sites for hydroxylation is 2. The van der Waals surface area contributed by atoms with Crippen molar-refractivity contribution in [3.8, 4) is 11.5 Å². The normalized spacial score (nSPS) is 15.2. The summed E-state index contributed by atoms with van der Waals surface area (Å²) in [6, 6.07) is 5.35. The van der Waals surface area contributed by atoms with Crippen LogP contribution in [0.25, 0.3) is 11.5 Å². The van der Waals surface area contributed by atoms with Crippen LogP contribution in [0.2, 0.25) is 0 Å². The minimum absolute atomic E-state index is 0.220. The molecule has 132 valence electrons. The predicted octanol–water partition coefficient (Wildman–Crippen LogP) is 3.29. The molecule has 1 aliphatic rings. The molecule has 1 aromatic carbocycles. The largest absolute Gasteiger partial charge is 0.481 e. The lowest BCUT2D eigenvalue weighted by molar-refractivity contribution is -0.143. The summed E-state index contributed by atoms with van der Waals surface area (Å²) in [7, 11) is 0. The maximum absolute atomic E-state index is 12.4. The van der Waals surface area contributed by atoms with Gasteiger partial charge in [0, 0.05) is 24.3 Å². The SMILES string of the molecule is Cc1coc(-c2cc(NC(=O)N3CCC(C(=O)O)CC3)ccc2C)n1. The number of amides is 2. The number of benzene rings is 1. The Morgan fingerprint density at radius 1 is 1.28 bits per heavy atom. The number of hydrogen-bond donors (Lipinski definition) is 2. The van der Waals surface area contributed by atoms with Gasteiger partial charge in [0.2, 0.25) is 5.89 Å². The number of carboxylic acid groups (broad SMARTS) is 1. The van der Waals surface area contributed by atoms with Crippen molar-refractivity contribution in [2.75, 3.05) is 18.4 Å². The third-order valence-electron chi connectivity index (χ3n) is 4.47. The zero-order valence-electron chi connectivity index (χ0n) is 14.3. The van der Waals surface area contributed by atoms with Gasteiger partial charge in [0.15, 0.2) is 0 Å². The van der Waals surface area contributed by atoms with Gasteiger partial charge in [-0.15, -0.1) is 0 Å². The van der Waals surface area contributed by atoms with Crippen LogP contribution in [0.1, 0.15) is 24.1 Å². The maximum Gasteiger partial charge on any atom is 0.321 e. The van der Waals surface area contributed by atoms with Gasteiger partial charge in [0.05, 0.1) is 11.6 Å². The summed E-state index contributed by atoms with van der Waals surface area (Å²) in [5, 5.41) is 11.9. The quantitative estimate of drug-likeness (QED) is 0.891. The molecule has 0 saturated carbocycles. The molecule has 7 nitrogen and oxygen atoms in total. The summed E-state index contributed by atoms with van der Waals surface area (Å²) in [5.41, 5.74) is 3.28. The summed E-state index contributed by atoms with van der Waals surface area (Å²) >= 11 is 0. The second-order valence-corrected chi connectivity index (χ2v) is 6.35. The van der Waals surface area contributed by atoms with Crippen LogP contribution in [0.5, 0.6) is 0 Å². The molecule has 2 aromatic rings. The van der Waals surface area contributed by atoms with E-state index in [4.69, 9.17) is 9.52 Å².